The van der Waals surface area contributed by atoms with Gasteiger partial charge in [0.2, 0.25) is 0 Å². The fourth-order valence-corrected chi connectivity index (χ4v) is 2.87. The molecule has 4 rings (SSSR count). The van der Waals surface area contributed by atoms with E-state index in [1.807, 2.05) is 0 Å². The second-order valence-corrected chi connectivity index (χ2v) is 5.61. The van der Waals surface area contributed by atoms with Gasteiger partial charge in [0.05, 0.1) is 30.3 Å². The minimum absolute atomic E-state index is 0.0518. The lowest BCUT2D eigenvalue weighted by atomic mass is 10.1. The average molecular weight is 362 g/mol. The van der Waals surface area contributed by atoms with E-state index >= 15 is 0 Å². The number of para-hydroxylation sites is 1. The van der Waals surface area contributed by atoms with Crippen LogP contribution in [-0.4, -0.2) is 34.0 Å². The second-order valence-electron chi connectivity index (χ2n) is 5.61. The Kier molecular flexibility index (Phi) is 3.46. The molecule has 0 radical (unpaired) electrons. The zero-order valence-corrected chi connectivity index (χ0v) is 13.4. The Morgan fingerprint density at radius 2 is 2.12 bits per heavy atom. The SMILES string of the molecule is COc1nc2cc(C(=O)O)ccc2n1Cc1cccc2c1OC(F)(F)O2. The highest BCUT2D eigenvalue weighted by Gasteiger charge is 2.44. The number of ether oxygens (including phenoxy) is 3. The first kappa shape index (κ1) is 16.1. The highest BCUT2D eigenvalue weighted by Crippen LogP contribution is 2.43. The van der Waals surface area contributed by atoms with Crippen LogP contribution in [0.4, 0.5) is 8.78 Å². The van der Waals surface area contributed by atoms with Crippen molar-refractivity contribution in [2.45, 2.75) is 12.8 Å². The Morgan fingerprint density at radius 3 is 2.85 bits per heavy atom. The molecule has 3 aromatic rings. The Morgan fingerprint density at radius 1 is 1.31 bits per heavy atom. The molecule has 7 nitrogen and oxygen atoms in total. The molecular formula is C17H12F2N2O5. The van der Waals surface area contributed by atoms with Gasteiger partial charge in [-0.25, -0.2) is 4.79 Å². The standard InChI is InChI=1S/C17H12F2N2O5/c1-24-16-20-11-7-9(15(22)23)5-6-12(11)21(16)8-10-3-2-4-13-14(10)26-17(18,19)25-13/h2-7H,8H2,1H3,(H,22,23). The van der Waals surface area contributed by atoms with Gasteiger partial charge in [0, 0.05) is 5.56 Å². The van der Waals surface area contributed by atoms with Crippen LogP contribution >= 0.6 is 0 Å². The van der Waals surface area contributed by atoms with E-state index in [9.17, 15) is 13.6 Å². The van der Waals surface area contributed by atoms with Gasteiger partial charge < -0.3 is 19.3 Å². The maximum absolute atomic E-state index is 13.4. The van der Waals surface area contributed by atoms with E-state index in [-0.39, 0.29) is 29.6 Å². The molecule has 0 saturated carbocycles. The molecule has 0 bridgehead atoms. The van der Waals surface area contributed by atoms with Gasteiger partial charge >= 0.3 is 12.3 Å². The van der Waals surface area contributed by atoms with Gasteiger partial charge in [0.1, 0.15) is 0 Å². The Bertz CT molecular complexity index is 1030. The molecule has 0 unspecified atom stereocenters. The topological polar surface area (TPSA) is 82.8 Å². The molecule has 0 saturated heterocycles. The predicted molar refractivity (Wildman–Crippen MR) is 85.0 cm³/mol. The van der Waals surface area contributed by atoms with Gasteiger partial charge in [-0.2, -0.15) is 4.98 Å². The number of nitrogens with zero attached hydrogens (tertiary/aromatic N) is 2. The summed E-state index contributed by atoms with van der Waals surface area (Å²) in [4.78, 5) is 15.4. The summed E-state index contributed by atoms with van der Waals surface area (Å²) in [5, 5.41) is 9.10. The van der Waals surface area contributed by atoms with Crippen molar-refractivity contribution in [3.8, 4) is 17.5 Å². The first-order chi connectivity index (χ1) is 12.4. The third kappa shape index (κ3) is 2.57. The smallest absolute Gasteiger partial charge is 0.478 e. The van der Waals surface area contributed by atoms with E-state index < -0.39 is 12.3 Å². The Balaban J connectivity index is 1.79. The lowest BCUT2D eigenvalue weighted by Crippen LogP contribution is -2.26. The van der Waals surface area contributed by atoms with Crippen LogP contribution in [0.2, 0.25) is 0 Å². The second kappa shape index (κ2) is 5.58. The summed E-state index contributed by atoms with van der Waals surface area (Å²) in [6, 6.07) is 9.25. The third-order valence-corrected chi connectivity index (χ3v) is 3.98. The van der Waals surface area contributed by atoms with Gasteiger partial charge in [-0.1, -0.05) is 12.1 Å². The summed E-state index contributed by atoms with van der Waals surface area (Å²) in [7, 11) is 1.42. The number of halogens is 2. The monoisotopic (exact) mass is 362 g/mol. The summed E-state index contributed by atoms with van der Waals surface area (Å²) in [5.74, 6) is -1.18. The number of carboxylic acids is 1. The molecule has 134 valence electrons. The summed E-state index contributed by atoms with van der Waals surface area (Å²) < 4.78 is 42.7. The maximum Gasteiger partial charge on any atom is 0.586 e. The number of alkyl halides is 2. The number of hydrogen-bond acceptors (Lipinski definition) is 5. The molecule has 0 amide bonds. The normalized spacial score (nSPS) is 14.6. The number of benzene rings is 2. The molecular weight excluding hydrogens is 350 g/mol. The van der Waals surface area contributed by atoms with E-state index in [4.69, 9.17) is 9.84 Å². The third-order valence-electron chi connectivity index (χ3n) is 3.98. The van der Waals surface area contributed by atoms with Crippen LogP contribution in [0, 0.1) is 0 Å². The fraction of sp³-hybridized carbons (Fsp3) is 0.176. The molecule has 1 aliphatic rings. The van der Waals surface area contributed by atoms with Crippen molar-refractivity contribution < 1.29 is 32.9 Å². The van der Waals surface area contributed by atoms with Crippen LogP contribution in [0.5, 0.6) is 17.5 Å². The van der Waals surface area contributed by atoms with Crippen LogP contribution in [-0.2, 0) is 6.54 Å². The molecule has 2 heterocycles. The number of methoxy groups -OCH3 is 1. The molecule has 1 N–H and O–H groups in total. The van der Waals surface area contributed by atoms with E-state index in [1.54, 1.807) is 22.8 Å². The molecule has 9 heteroatoms. The zero-order valence-electron chi connectivity index (χ0n) is 13.4. The minimum Gasteiger partial charge on any atom is -0.478 e. The molecule has 0 atom stereocenters. The highest BCUT2D eigenvalue weighted by molar-refractivity contribution is 5.92. The van der Waals surface area contributed by atoms with Gasteiger partial charge in [-0.05, 0) is 24.3 Å². The van der Waals surface area contributed by atoms with Crippen molar-refractivity contribution in [2.24, 2.45) is 0 Å². The summed E-state index contributed by atoms with van der Waals surface area (Å²) in [6.07, 6.45) is -3.71. The van der Waals surface area contributed by atoms with Crippen LogP contribution in [0.25, 0.3) is 11.0 Å². The fourth-order valence-electron chi connectivity index (χ4n) is 2.87. The first-order valence-corrected chi connectivity index (χ1v) is 7.53. The molecule has 26 heavy (non-hydrogen) atoms. The molecule has 1 aliphatic heterocycles. The summed E-state index contributed by atoms with van der Waals surface area (Å²) >= 11 is 0. The number of carbonyl (C=O) groups is 1. The largest absolute Gasteiger partial charge is 0.586 e. The molecule has 0 aliphatic carbocycles. The lowest BCUT2D eigenvalue weighted by molar-refractivity contribution is -0.286. The van der Waals surface area contributed by atoms with E-state index in [2.05, 4.69) is 14.5 Å². The highest BCUT2D eigenvalue weighted by atomic mass is 19.3. The van der Waals surface area contributed by atoms with Crippen molar-refractivity contribution in [2.75, 3.05) is 7.11 Å². The minimum atomic E-state index is -3.71. The van der Waals surface area contributed by atoms with Crippen molar-refractivity contribution in [3.05, 3.63) is 47.5 Å². The number of carboxylic acid groups (broad SMARTS) is 1. The van der Waals surface area contributed by atoms with Crippen LogP contribution in [0.1, 0.15) is 15.9 Å². The predicted octanol–water partition coefficient (Wildman–Crippen LogP) is 3.11. The van der Waals surface area contributed by atoms with E-state index in [1.165, 1.54) is 25.3 Å². The van der Waals surface area contributed by atoms with Crippen molar-refractivity contribution in [3.63, 3.8) is 0 Å². The van der Waals surface area contributed by atoms with Gasteiger partial charge in [0.15, 0.2) is 11.5 Å². The number of rotatable bonds is 4. The number of aromatic carboxylic acids is 1. The van der Waals surface area contributed by atoms with Crippen LogP contribution in [0.3, 0.4) is 0 Å². The first-order valence-electron chi connectivity index (χ1n) is 7.53. The number of aromatic nitrogens is 2. The molecule has 2 aromatic carbocycles. The van der Waals surface area contributed by atoms with Crippen LogP contribution in [0.15, 0.2) is 36.4 Å². The molecule has 0 spiro atoms. The Labute approximate surface area is 145 Å². The van der Waals surface area contributed by atoms with Gasteiger partial charge in [-0.15, -0.1) is 8.78 Å². The number of fused-ring (bicyclic) bond motifs is 2. The summed E-state index contributed by atoms with van der Waals surface area (Å²) in [5.41, 5.74) is 1.54. The van der Waals surface area contributed by atoms with Gasteiger partial charge in [-0.3, -0.25) is 4.57 Å². The molecule has 0 fully saturated rings. The zero-order chi connectivity index (χ0) is 18.5. The van der Waals surface area contributed by atoms with E-state index in [0.717, 1.165) is 0 Å². The summed E-state index contributed by atoms with van der Waals surface area (Å²) in [6.45, 7) is 0.120. The maximum atomic E-state index is 13.4. The molecule has 1 aromatic heterocycles. The van der Waals surface area contributed by atoms with Crippen LogP contribution < -0.4 is 14.2 Å². The number of hydrogen-bond donors (Lipinski definition) is 1. The van der Waals surface area contributed by atoms with Crippen molar-refractivity contribution >= 4 is 17.0 Å². The van der Waals surface area contributed by atoms with E-state index in [0.29, 0.717) is 16.6 Å². The number of imidazole rings is 1. The van der Waals surface area contributed by atoms with Gasteiger partial charge in [0.25, 0.3) is 6.01 Å². The van der Waals surface area contributed by atoms with Crippen molar-refractivity contribution in [1.82, 2.24) is 9.55 Å². The van der Waals surface area contributed by atoms with Crippen molar-refractivity contribution in [1.29, 1.82) is 0 Å². The Hall–Kier alpha value is -3.36. The average Bonchev–Trinajstić information content (AvgIpc) is 3.10. The lowest BCUT2D eigenvalue weighted by Gasteiger charge is -2.10. The quantitative estimate of drug-likeness (QED) is 0.768.